The Morgan fingerprint density at radius 1 is 0.482 bits per heavy atom. The normalized spacial score (nSPS) is 12.5. The van der Waals surface area contributed by atoms with Gasteiger partial charge in [-0.3, -0.25) is 28.3 Å². The SMILES string of the molecule is C.C.CC(C)(C)OC(=O)NCC=O.CCOP(=O)(CC[C@@H](CCCNC(=O)OC(C)(C)C)C(=O)OC)OCC.CCOP(=O)(CC[C@@H](N)C(=O)OC)OCC.COC(=O)[C@@H](CCCNC(=O)OC(C)(C)C)C(C)C.COC(=O)[C@@H](N)C(C)C. The second-order valence-electron chi connectivity index (χ2n) is 21.1. The number of hydrogen-bond acceptors (Lipinski definition) is 23. The molecule has 0 aliphatic rings. The number of aldehydes is 1. The Morgan fingerprint density at radius 3 is 1.11 bits per heavy atom. The lowest BCUT2D eigenvalue weighted by Gasteiger charge is -2.21. The molecule has 0 aliphatic heterocycles. The molecule has 0 saturated heterocycles. The highest BCUT2D eigenvalue weighted by molar-refractivity contribution is 7.54. The number of rotatable bonds is 30. The Balaban J connectivity index is -0.000000181. The molecule has 0 aromatic carbocycles. The predicted octanol–water partition coefficient (Wildman–Crippen LogP) is 9.74. The van der Waals surface area contributed by atoms with Gasteiger partial charge in [-0.15, -0.1) is 0 Å². The van der Waals surface area contributed by atoms with Crippen molar-refractivity contribution in [3.05, 3.63) is 0 Å². The zero-order chi connectivity index (χ0) is 64.2. The van der Waals surface area contributed by atoms with Crippen LogP contribution in [0.2, 0.25) is 0 Å². The first kappa shape index (κ1) is 92.3. The molecule has 0 aromatic rings. The molecule has 0 saturated carbocycles. The molecule has 0 heterocycles. The summed E-state index contributed by atoms with van der Waals surface area (Å²) in [4.78, 5) is 88.7. The lowest BCUT2D eigenvalue weighted by Crippen LogP contribution is -2.36. The van der Waals surface area contributed by atoms with Crippen molar-refractivity contribution in [2.75, 3.05) is 86.8 Å². The molecule has 83 heavy (non-hydrogen) atoms. The largest absolute Gasteiger partial charge is 0.469 e. The van der Waals surface area contributed by atoms with Crippen LogP contribution in [-0.4, -0.2) is 164 Å². The van der Waals surface area contributed by atoms with Crippen molar-refractivity contribution < 1.29 is 98.7 Å². The molecule has 28 heteroatoms. The number of esters is 4. The molecule has 3 amide bonds. The number of alkyl carbamates (subject to hydrolysis) is 3. The summed E-state index contributed by atoms with van der Waals surface area (Å²) in [5, 5.41) is 7.58. The summed E-state index contributed by atoms with van der Waals surface area (Å²) in [6.07, 6.45) is 2.38. The number of ether oxygens (including phenoxy) is 7. The molecule has 0 fully saturated rings. The third-order valence-corrected chi connectivity index (χ3v) is 14.0. The lowest BCUT2D eigenvalue weighted by molar-refractivity contribution is -0.147. The molecular weight excluding hydrogens is 1130 g/mol. The molecule has 0 spiro atoms. The summed E-state index contributed by atoms with van der Waals surface area (Å²) < 4.78 is 78.7. The van der Waals surface area contributed by atoms with Crippen molar-refractivity contribution in [3.8, 4) is 0 Å². The topological polar surface area (TPSA) is 360 Å². The Kier molecular flexibility index (Phi) is 56.6. The van der Waals surface area contributed by atoms with Crippen molar-refractivity contribution >= 4 is 63.6 Å². The fraction of sp³-hybridized carbons (Fsp3) is 0.855. The van der Waals surface area contributed by atoms with E-state index in [0.717, 1.165) is 6.42 Å². The van der Waals surface area contributed by atoms with Gasteiger partial charge in [-0.2, -0.15) is 0 Å². The minimum absolute atomic E-state index is 0. The Bertz CT molecular complexity index is 1840. The van der Waals surface area contributed by atoms with Crippen LogP contribution in [0.5, 0.6) is 0 Å². The third kappa shape index (κ3) is 56.5. The van der Waals surface area contributed by atoms with Gasteiger partial charge in [0, 0.05) is 13.1 Å². The van der Waals surface area contributed by atoms with Crippen molar-refractivity contribution in [2.45, 2.75) is 200 Å². The molecule has 0 aliphatic carbocycles. The number of amides is 3. The maximum absolute atomic E-state index is 12.5. The lowest BCUT2D eigenvalue weighted by atomic mass is 9.91. The van der Waals surface area contributed by atoms with Gasteiger partial charge in [0.2, 0.25) is 0 Å². The van der Waals surface area contributed by atoms with Crippen LogP contribution in [0.3, 0.4) is 0 Å². The first-order valence-corrected chi connectivity index (χ1v) is 30.7. The van der Waals surface area contributed by atoms with E-state index in [-0.39, 0.29) is 89.0 Å². The monoisotopic (exact) mass is 1240 g/mol. The number of carbonyl (C=O) groups is 8. The molecular formula is C55H115N5O21P2. The van der Waals surface area contributed by atoms with Crippen LogP contribution in [0.4, 0.5) is 14.4 Å². The minimum Gasteiger partial charge on any atom is -0.469 e. The summed E-state index contributed by atoms with van der Waals surface area (Å²) in [6, 6.07) is -1.27. The van der Waals surface area contributed by atoms with Gasteiger partial charge in [0.25, 0.3) is 0 Å². The van der Waals surface area contributed by atoms with Crippen molar-refractivity contribution in [2.24, 2.45) is 35.1 Å². The first-order valence-electron chi connectivity index (χ1n) is 27.2. The van der Waals surface area contributed by atoms with Gasteiger partial charge in [0.1, 0.15) is 35.2 Å². The average Bonchev–Trinajstić information content (AvgIpc) is 3.35. The van der Waals surface area contributed by atoms with Gasteiger partial charge >= 0.3 is 57.3 Å². The maximum atomic E-state index is 12.5. The van der Waals surface area contributed by atoms with Crippen LogP contribution in [-0.2, 0) is 84.4 Å². The van der Waals surface area contributed by atoms with Crippen LogP contribution in [0.25, 0.3) is 0 Å². The van der Waals surface area contributed by atoms with Crippen molar-refractivity contribution in [1.29, 1.82) is 0 Å². The van der Waals surface area contributed by atoms with E-state index in [2.05, 4.69) is 25.4 Å². The fourth-order valence-electron chi connectivity index (χ4n) is 5.95. The zero-order valence-electron chi connectivity index (χ0n) is 52.8. The molecule has 0 radical (unpaired) electrons. The molecule has 26 nitrogen and oxygen atoms in total. The standard InChI is InChI=1S/C17H34NO7P.C14H27NO4.C9H20NO5P.C7H13NO3.C6H13NO2.2CH4/c1-7-23-26(21,24-8-2)13-11-14(15(19)22-6)10-9-12-18-16(20)25-17(3,4)5;1-10(2)11(12(16)18-6)8-7-9-15-13(17)19-14(3,4)5;1-4-14-16(12,15-5-2)7-6-8(10)9(11)13-3;1-7(2,3)11-6(10)8-4-5-9;1-4(2)5(7)6(8)9-3;;/h14H,7-13H2,1-6H3,(H,18,20);10-11H,7-9H2,1-6H3,(H,15,17);8H,4-7,10H2,1-3H3;5H,4H2,1-3H3,(H,8,10);4-5H,7H2,1-3H3;2*1H4/t14-;11-;8-;;5-;;/m101.0../s1. The van der Waals surface area contributed by atoms with Crippen LogP contribution in [0, 0.1) is 23.7 Å². The van der Waals surface area contributed by atoms with Crippen molar-refractivity contribution in [1.82, 2.24) is 16.0 Å². The molecule has 4 atom stereocenters. The van der Waals surface area contributed by atoms with Gasteiger partial charge in [0.15, 0.2) is 0 Å². The quantitative estimate of drug-likeness (QED) is 0.0147. The highest BCUT2D eigenvalue weighted by Crippen LogP contribution is 2.50. The van der Waals surface area contributed by atoms with Gasteiger partial charge in [0.05, 0.1) is 85.6 Å². The summed E-state index contributed by atoms with van der Waals surface area (Å²) in [6.45, 7) is 32.8. The molecule has 0 bridgehead atoms. The number of methoxy groups -OCH3 is 4. The zero-order valence-corrected chi connectivity index (χ0v) is 54.6. The number of hydrogen-bond donors (Lipinski definition) is 5. The van der Waals surface area contributed by atoms with E-state index in [1.54, 1.807) is 69.2 Å². The van der Waals surface area contributed by atoms with Gasteiger partial charge in [-0.25, -0.2) is 14.4 Å². The Labute approximate surface area is 498 Å². The Hall–Kier alpha value is -4.42. The maximum Gasteiger partial charge on any atom is 0.408 e. The molecule has 0 unspecified atom stereocenters. The summed E-state index contributed by atoms with van der Waals surface area (Å²) in [5.74, 6) is -1.61. The van der Waals surface area contributed by atoms with E-state index < -0.39 is 74.2 Å². The second kappa shape index (κ2) is 50.9. The minimum atomic E-state index is -3.20. The van der Waals surface area contributed by atoms with Crippen LogP contribution in [0.15, 0.2) is 0 Å². The van der Waals surface area contributed by atoms with Crippen LogP contribution < -0.4 is 27.4 Å². The number of carbonyl (C=O) groups excluding carboxylic acids is 8. The highest BCUT2D eigenvalue weighted by atomic mass is 31.2. The summed E-state index contributed by atoms with van der Waals surface area (Å²) in [7, 11) is -0.998. The average molecular weight is 1240 g/mol. The predicted molar refractivity (Wildman–Crippen MR) is 322 cm³/mol. The van der Waals surface area contributed by atoms with E-state index >= 15 is 0 Å². The smallest absolute Gasteiger partial charge is 0.408 e. The molecule has 0 rings (SSSR count). The van der Waals surface area contributed by atoms with Gasteiger partial charge in [-0.05, 0) is 140 Å². The van der Waals surface area contributed by atoms with E-state index in [9.17, 15) is 47.5 Å². The van der Waals surface area contributed by atoms with Gasteiger partial charge < -0.3 is 83.5 Å². The van der Waals surface area contributed by atoms with E-state index in [1.807, 2.05) is 48.5 Å². The Morgan fingerprint density at radius 2 is 0.819 bits per heavy atom. The third-order valence-electron chi connectivity index (χ3n) is 9.79. The molecule has 7 N–H and O–H groups in total. The number of nitrogens with one attached hydrogen (secondary N) is 3. The van der Waals surface area contributed by atoms with E-state index in [4.69, 9.17) is 53.2 Å². The van der Waals surface area contributed by atoms with E-state index in [0.29, 0.717) is 58.3 Å². The highest BCUT2D eigenvalue weighted by Gasteiger charge is 2.30. The van der Waals surface area contributed by atoms with Gasteiger partial charge in [-0.1, -0.05) is 42.5 Å². The summed E-state index contributed by atoms with van der Waals surface area (Å²) in [5.41, 5.74) is 9.36. The molecule has 0 aromatic heterocycles. The first-order chi connectivity index (χ1) is 37.3. The van der Waals surface area contributed by atoms with E-state index in [1.165, 1.54) is 28.4 Å². The number of nitrogens with two attached hydrogens (primary N) is 2. The fourth-order valence-corrected chi connectivity index (χ4v) is 9.41. The molecule has 496 valence electrons. The second-order valence-corrected chi connectivity index (χ2v) is 25.5. The van der Waals surface area contributed by atoms with Crippen LogP contribution >= 0.6 is 15.2 Å². The van der Waals surface area contributed by atoms with Crippen molar-refractivity contribution in [3.63, 3.8) is 0 Å². The summed E-state index contributed by atoms with van der Waals surface area (Å²) >= 11 is 0. The van der Waals surface area contributed by atoms with Crippen LogP contribution in [0.1, 0.15) is 171 Å².